The van der Waals surface area contributed by atoms with Gasteiger partial charge in [0.05, 0.1) is 16.4 Å². The summed E-state index contributed by atoms with van der Waals surface area (Å²) in [4.78, 5) is 4.08. The van der Waals surface area contributed by atoms with Crippen molar-refractivity contribution in [1.29, 1.82) is 0 Å². The lowest BCUT2D eigenvalue weighted by atomic mass is 10.00. The molecule has 3 aromatic rings. The van der Waals surface area contributed by atoms with Gasteiger partial charge >= 0.3 is 0 Å². The van der Waals surface area contributed by atoms with Crippen LogP contribution in [0.1, 0.15) is 16.7 Å². The van der Waals surface area contributed by atoms with Crippen molar-refractivity contribution in [3.63, 3.8) is 0 Å². The van der Waals surface area contributed by atoms with Crippen LogP contribution in [0.2, 0.25) is 10.0 Å². The van der Waals surface area contributed by atoms with E-state index in [1.54, 1.807) is 6.20 Å². The minimum atomic E-state index is 0.590. The largest absolute Gasteiger partial charge is 0.333 e. The van der Waals surface area contributed by atoms with E-state index in [4.69, 9.17) is 23.2 Å². The van der Waals surface area contributed by atoms with Gasteiger partial charge in [0, 0.05) is 18.9 Å². The van der Waals surface area contributed by atoms with Crippen LogP contribution in [0.4, 0.5) is 0 Å². The van der Waals surface area contributed by atoms with Crippen molar-refractivity contribution in [2.75, 3.05) is 0 Å². The highest BCUT2D eigenvalue weighted by molar-refractivity contribution is 6.42. The lowest BCUT2D eigenvalue weighted by Crippen LogP contribution is -2.01. The molecule has 3 rings (SSSR count). The molecule has 0 amide bonds. The maximum absolute atomic E-state index is 6.09. The molecule has 0 saturated carbocycles. The van der Waals surface area contributed by atoms with Crippen molar-refractivity contribution in [3.05, 3.63) is 87.9 Å². The normalized spacial score (nSPS) is 10.8. The smallest absolute Gasteiger partial charge is 0.0949 e. The van der Waals surface area contributed by atoms with Crippen LogP contribution in [0.5, 0.6) is 0 Å². The zero-order valence-electron chi connectivity index (χ0n) is 11.3. The molecule has 1 aromatic heterocycles. The first kappa shape index (κ1) is 14.2. The lowest BCUT2D eigenvalue weighted by Gasteiger charge is -2.11. The van der Waals surface area contributed by atoms with Crippen LogP contribution in [0.15, 0.2) is 61.2 Å². The molecule has 0 aliphatic rings. The zero-order chi connectivity index (χ0) is 14.7. The van der Waals surface area contributed by atoms with Crippen LogP contribution < -0.4 is 0 Å². The van der Waals surface area contributed by atoms with Gasteiger partial charge in [0.15, 0.2) is 0 Å². The molecule has 1 heterocycles. The summed E-state index contributed by atoms with van der Waals surface area (Å²) < 4.78 is 2.06. The number of hydrogen-bond acceptors (Lipinski definition) is 1. The fraction of sp³-hybridized carbons (Fsp3) is 0.118. The van der Waals surface area contributed by atoms with Crippen molar-refractivity contribution >= 4 is 23.2 Å². The van der Waals surface area contributed by atoms with Gasteiger partial charge in [-0.05, 0) is 35.2 Å². The Balaban J connectivity index is 1.86. The third kappa shape index (κ3) is 3.46. The number of hydrogen-bond donors (Lipinski definition) is 0. The molecule has 0 aliphatic heterocycles. The summed E-state index contributed by atoms with van der Waals surface area (Å²) in [6.45, 7) is 0.817. The molecule has 106 valence electrons. The first-order valence-electron chi connectivity index (χ1n) is 6.69. The van der Waals surface area contributed by atoms with E-state index >= 15 is 0 Å². The molecule has 0 bridgehead atoms. The molecule has 0 unspecified atom stereocenters. The highest BCUT2D eigenvalue weighted by atomic mass is 35.5. The molecule has 0 N–H and O–H groups in total. The Hall–Kier alpha value is -1.77. The standard InChI is InChI=1S/C17H14Cl2N2/c18-16-6-5-13(10-17(16)19)9-14-3-1-2-4-15(14)11-21-8-7-20-12-21/h1-8,10,12H,9,11H2. The fourth-order valence-electron chi connectivity index (χ4n) is 2.33. The summed E-state index contributed by atoms with van der Waals surface area (Å²) in [6.07, 6.45) is 6.43. The predicted molar refractivity (Wildman–Crippen MR) is 87.0 cm³/mol. The van der Waals surface area contributed by atoms with Crippen LogP contribution in [0, 0.1) is 0 Å². The first-order chi connectivity index (χ1) is 10.2. The van der Waals surface area contributed by atoms with Crippen LogP contribution in [0.25, 0.3) is 0 Å². The lowest BCUT2D eigenvalue weighted by molar-refractivity contribution is 0.788. The van der Waals surface area contributed by atoms with Crippen molar-refractivity contribution in [3.8, 4) is 0 Å². The third-order valence-electron chi connectivity index (χ3n) is 3.41. The summed E-state index contributed by atoms with van der Waals surface area (Å²) in [5, 5.41) is 1.19. The van der Waals surface area contributed by atoms with Gasteiger partial charge in [0.25, 0.3) is 0 Å². The average molecular weight is 317 g/mol. The first-order valence-corrected chi connectivity index (χ1v) is 7.44. The van der Waals surface area contributed by atoms with Gasteiger partial charge in [-0.3, -0.25) is 0 Å². The quantitative estimate of drug-likeness (QED) is 0.674. The summed E-state index contributed by atoms with van der Waals surface area (Å²) in [5.74, 6) is 0. The molecule has 2 aromatic carbocycles. The highest BCUT2D eigenvalue weighted by Crippen LogP contribution is 2.24. The summed E-state index contributed by atoms with van der Waals surface area (Å²) in [7, 11) is 0. The third-order valence-corrected chi connectivity index (χ3v) is 4.15. The number of nitrogens with zero attached hydrogens (tertiary/aromatic N) is 2. The van der Waals surface area contributed by atoms with Gasteiger partial charge in [-0.15, -0.1) is 0 Å². The number of halogens is 2. The van der Waals surface area contributed by atoms with Crippen molar-refractivity contribution in [2.24, 2.45) is 0 Å². The minimum absolute atomic E-state index is 0.590. The second-order valence-electron chi connectivity index (χ2n) is 4.93. The van der Waals surface area contributed by atoms with Gasteiger partial charge in [-0.2, -0.15) is 0 Å². The van der Waals surface area contributed by atoms with Crippen LogP contribution in [-0.2, 0) is 13.0 Å². The number of benzene rings is 2. The Labute approximate surface area is 134 Å². The number of imidazole rings is 1. The maximum atomic E-state index is 6.09. The SMILES string of the molecule is Clc1ccc(Cc2ccccc2Cn2ccnc2)cc1Cl. The summed E-state index contributed by atoms with van der Waals surface area (Å²) in [6, 6.07) is 14.2. The average Bonchev–Trinajstić information content (AvgIpc) is 2.98. The van der Waals surface area contributed by atoms with E-state index in [0.29, 0.717) is 10.0 Å². The molecule has 0 spiro atoms. The van der Waals surface area contributed by atoms with Gasteiger partial charge < -0.3 is 4.57 Å². The Morgan fingerprint density at radius 1 is 0.952 bits per heavy atom. The Kier molecular flexibility index (Phi) is 4.28. The predicted octanol–water partition coefficient (Wildman–Crippen LogP) is 4.83. The Bertz CT molecular complexity index is 736. The van der Waals surface area contributed by atoms with E-state index in [-0.39, 0.29) is 0 Å². The molecule has 2 nitrogen and oxygen atoms in total. The Morgan fingerprint density at radius 2 is 1.76 bits per heavy atom. The second-order valence-corrected chi connectivity index (χ2v) is 5.74. The zero-order valence-corrected chi connectivity index (χ0v) is 12.8. The van der Waals surface area contributed by atoms with E-state index in [1.807, 2.05) is 30.7 Å². The fourth-order valence-corrected chi connectivity index (χ4v) is 2.65. The summed E-state index contributed by atoms with van der Waals surface area (Å²) >= 11 is 12.1. The van der Waals surface area contributed by atoms with Gasteiger partial charge in [-0.1, -0.05) is 53.5 Å². The summed E-state index contributed by atoms with van der Waals surface area (Å²) in [5.41, 5.74) is 3.72. The molecule has 4 heteroatoms. The Morgan fingerprint density at radius 3 is 2.48 bits per heavy atom. The molecule has 0 saturated heterocycles. The molecular formula is C17H14Cl2N2. The minimum Gasteiger partial charge on any atom is -0.333 e. The monoisotopic (exact) mass is 316 g/mol. The van der Waals surface area contributed by atoms with Crippen molar-refractivity contribution in [2.45, 2.75) is 13.0 Å². The molecule has 21 heavy (non-hydrogen) atoms. The van der Waals surface area contributed by atoms with Crippen molar-refractivity contribution < 1.29 is 0 Å². The van der Waals surface area contributed by atoms with Crippen LogP contribution in [-0.4, -0.2) is 9.55 Å². The van der Waals surface area contributed by atoms with E-state index in [2.05, 4.69) is 33.8 Å². The molecule has 0 atom stereocenters. The van der Waals surface area contributed by atoms with E-state index < -0.39 is 0 Å². The van der Waals surface area contributed by atoms with Gasteiger partial charge in [-0.25, -0.2) is 4.98 Å². The van der Waals surface area contributed by atoms with Crippen LogP contribution in [0.3, 0.4) is 0 Å². The topological polar surface area (TPSA) is 17.8 Å². The van der Waals surface area contributed by atoms with E-state index in [9.17, 15) is 0 Å². The molecular weight excluding hydrogens is 303 g/mol. The van der Waals surface area contributed by atoms with Gasteiger partial charge in [0.1, 0.15) is 0 Å². The molecule has 0 aliphatic carbocycles. The number of rotatable bonds is 4. The molecule has 0 fully saturated rings. The van der Waals surface area contributed by atoms with E-state index in [0.717, 1.165) is 18.5 Å². The molecule has 0 radical (unpaired) electrons. The number of aromatic nitrogens is 2. The highest BCUT2D eigenvalue weighted by Gasteiger charge is 2.06. The van der Waals surface area contributed by atoms with Crippen LogP contribution >= 0.6 is 23.2 Å². The maximum Gasteiger partial charge on any atom is 0.0949 e. The van der Waals surface area contributed by atoms with E-state index in [1.165, 1.54) is 11.1 Å². The van der Waals surface area contributed by atoms with Crippen molar-refractivity contribution in [1.82, 2.24) is 9.55 Å². The van der Waals surface area contributed by atoms with Gasteiger partial charge in [0.2, 0.25) is 0 Å². The second kappa shape index (κ2) is 6.33.